The van der Waals surface area contributed by atoms with Gasteiger partial charge in [0.15, 0.2) is 0 Å². The normalized spacial score (nSPS) is 20.1. The van der Waals surface area contributed by atoms with Gasteiger partial charge in [0.2, 0.25) is 0 Å². The first-order valence-electron chi connectivity index (χ1n) is 8.02. The predicted molar refractivity (Wildman–Crippen MR) is 87.0 cm³/mol. The molecule has 0 radical (unpaired) electrons. The fourth-order valence-corrected chi connectivity index (χ4v) is 5.85. The largest absolute Gasteiger partial charge is 0.369 e. The average Bonchev–Trinajstić information content (AvgIpc) is 2.77. The molecule has 0 amide bonds. The number of nitrogens with zero attached hydrogens (tertiary/aromatic N) is 1. The Bertz CT molecular complexity index is 459. The van der Waals surface area contributed by atoms with Gasteiger partial charge in [-0.3, -0.25) is 14.0 Å². The van der Waals surface area contributed by atoms with Gasteiger partial charge in [0, 0.05) is 18.5 Å². The molecule has 0 aromatic carbocycles. The molecule has 0 aliphatic carbocycles. The molecule has 1 aliphatic heterocycles. The summed E-state index contributed by atoms with van der Waals surface area (Å²) in [5.74, 6) is 0. The van der Waals surface area contributed by atoms with E-state index in [-0.39, 0.29) is 12.1 Å². The van der Waals surface area contributed by atoms with Gasteiger partial charge in [-0.05, 0) is 32.2 Å². The summed E-state index contributed by atoms with van der Waals surface area (Å²) >= 11 is 0. The van der Waals surface area contributed by atoms with Gasteiger partial charge in [0.05, 0.1) is 0 Å². The summed E-state index contributed by atoms with van der Waals surface area (Å²) < 4.78 is 22.9. The van der Waals surface area contributed by atoms with Crippen molar-refractivity contribution in [1.82, 2.24) is 4.90 Å². The van der Waals surface area contributed by atoms with Crippen LogP contribution in [0.4, 0.5) is 0 Å². The van der Waals surface area contributed by atoms with Crippen LogP contribution in [0.15, 0.2) is 0 Å². The molecule has 138 valence electrons. The van der Waals surface area contributed by atoms with E-state index >= 15 is 0 Å². The first-order chi connectivity index (χ1) is 10.4. The van der Waals surface area contributed by atoms with E-state index in [1.807, 2.05) is 4.90 Å². The van der Waals surface area contributed by atoms with Crippen LogP contribution in [0.1, 0.15) is 58.8 Å². The highest BCUT2D eigenvalue weighted by Crippen LogP contribution is 2.69. The van der Waals surface area contributed by atoms with Crippen molar-refractivity contribution in [1.29, 1.82) is 0 Å². The lowest BCUT2D eigenvalue weighted by Crippen LogP contribution is -2.46. The monoisotopic (exact) mass is 373 g/mol. The van der Waals surface area contributed by atoms with E-state index in [1.54, 1.807) is 0 Å². The third-order valence-electron chi connectivity index (χ3n) is 4.82. The fraction of sp³-hybridized carbons (Fsp3) is 1.00. The third kappa shape index (κ3) is 4.44. The number of rotatable bonds is 9. The zero-order valence-corrected chi connectivity index (χ0v) is 15.5. The van der Waals surface area contributed by atoms with Gasteiger partial charge >= 0.3 is 15.2 Å². The molecule has 5 N–H and O–H groups in total. The second kappa shape index (κ2) is 7.63. The van der Waals surface area contributed by atoms with E-state index < -0.39 is 26.7 Å². The molecule has 0 saturated carbocycles. The van der Waals surface area contributed by atoms with E-state index in [0.29, 0.717) is 6.54 Å². The molecule has 1 heterocycles. The quantitative estimate of drug-likeness (QED) is 0.386. The van der Waals surface area contributed by atoms with E-state index in [2.05, 4.69) is 13.8 Å². The summed E-state index contributed by atoms with van der Waals surface area (Å²) in [6.45, 7) is 4.89. The van der Waals surface area contributed by atoms with Crippen molar-refractivity contribution in [3.05, 3.63) is 0 Å². The minimum atomic E-state index is -5.37. The van der Waals surface area contributed by atoms with Crippen LogP contribution in [0.3, 0.4) is 0 Å². The van der Waals surface area contributed by atoms with Gasteiger partial charge < -0.3 is 24.7 Å². The summed E-state index contributed by atoms with van der Waals surface area (Å²) in [5.41, 5.74) is -0.103. The highest BCUT2D eigenvalue weighted by Gasteiger charge is 2.59. The van der Waals surface area contributed by atoms with Crippen LogP contribution >= 0.6 is 15.2 Å². The molecule has 23 heavy (non-hydrogen) atoms. The summed E-state index contributed by atoms with van der Waals surface area (Å²) in [7, 11) is -10.7. The fourth-order valence-electron chi connectivity index (χ4n) is 3.71. The molecule has 0 aromatic rings. The van der Waals surface area contributed by atoms with Crippen molar-refractivity contribution in [3.63, 3.8) is 0 Å². The Morgan fingerprint density at radius 1 is 1.04 bits per heavy atom. The first-order valence-corrected chi connectivity index (χ1v) is 11.2. The van der Waals surface area contributed by atoms with E-state index in [1.165, 1.54) is 0 Å². The molecular weight excluding hydrogens is 344 g/mol. The number of hydrogen-bond acceptors (Lipinski definition) is 4. The lowest BCUT2D eigenvalue weighted by Gasteiger charge is -2.40. The second-order valence-electron chi connectivity index (χ2n) is 6.43. The van der Waals surface area contributed by atoms with Crippen LogP contribution in [0.2, 0.25) is 0 Å². The minimum absolute atomic E-state index is 0.0483. The topological polar surface area (TPSA) is 139 Å². The minimum Gasteiger partial charge on any atom is -0.367 e. The van der Waals surface area contributed by atoms with Crippen LogP contribution in [-0.4, -0.2) is 53.3 Å². The van der Waals surface area contributed by atoms with Crippen molar-refractivity contribution in [2.45, 2.75) is 69.4 Å². The van der Waals surface area contributed by atoms with Crippen molar-refractivity contribution < 1.29 is 33.8 Å². The van der Waals surface area contributed by atoms with Crippen LogP contribution in [0.5, 0.6) is 0 Å². The number of hydrogen-bond donors (Lipinski definition) is 5. The van der Waals surface area contributed by atoms with Crippen molar-refractivity contribution >= 4 is 15.2 Å². The summed E-state index contributed by atoms with van der Waals surface area (Å²) in [5, 5.41) is 6.71. The van der Waals surface area contributed by atoms with Crippen molar-refractivity contribution in [3.8, 4) is 0 Å². The standard InChI is InChI=1S/C13H29NO7P2/c1-3-6-12(7-4-2)8-5-10-14(12)11-9-13(15,22(16,17)18)23(19,20)21/h15H,3-11H2,1-2H3,(H2,16,17,18)(H2,19,20,21). The molecule has 0 unspecified atom stereocenters. The average molecular weight is 373 g/mol. The first kappa shape index (κ1) is 21.3. The Balaban J connectivity index is 2.97. The second-order valence-corrected chi connectivity index (χ2v) is 10.4. The molecule has 1 fully saturated rings. The molecule has 1 rings (SSSR count). The Hall–Kier alpha value is 0.220. The Morgan fingerprint density at radius 2 is 1.52 bits per heavy atom. The lowest BCUT2D eigenvalue weighted by molar-refractivity contribution is 0.0726. The van der Waals surface area contributed by atoms with E-state index in [9.17, 15) is 33.8 Å². The molecule has 8 nitrogen and oxygen atoms in total. The molecule has 0 atom stereocenters. The van der Waals surface area contributed by atoms with Gasteiger partial charge in [-0.15, -0.1) is 0 Å². The number of aliphatic hydroxyl groups is 1. The Kier molecular flexibility index (Phi) is 7.05. The molecule has 0 aromatic heterocycles. The molecule has 0 bridgehead atoms. The predicted octanol–water partition coefficient (Wildman–Crippen LogP) is 1.81. The van der Waals surface area contributed by atoms with Crippen LogP contribution in [0.25, 0.3) is 0 Å². The molecule has 0 spiro atoms. The smallest absolute Gasteiger partial charge is 0.367 e. The van der Waals surface area contributed by atoms with Gasteiger partial charge in [-0.1, -0.05) is 26.7 Å². The maximum absolute atomic E-state index is 11.5. The van der Waals surface area contributed by atoms with Crippen molar-refractivity contribution in [2.24, 2.45) is 0 Å². The highest BCUT2D eigenvalue weighted by molar-refractivity contribution is 7.72. The Labute approximate surface area is 137 Å². The number of likely N-dealkylation sites (tertiary alicyclic amines) is 1. The van der Waals surface area contributed by atoms with Gasteiger partial charge in [0.1, 0.15) is 0 Å². The zero-order chi connectivity index (χ0) is 17.9. The maximum atomic E-state index is 11.5. The SMILES string of the molecule is CCCC1(CCC)CCCN1CCC(O)(P(=O)(O)O)P(=O)(O)O. The van der Waals surface area contributed by atoms with E-state index in [4.69, 9.17) is 0 Å². The summed E-state index contributed by atoms with van der Waals surface area (Å²) in [6, 6.07) is 0. The molecule has 1 aliphatic rings. The molecular formula is C13H29NO7P2. The van der Waals surface area contributed by atoms with Crippen LogP contribution in [0, 0.1) is 0 Å². The molecule has 1 saturated heterocycles. The van der Waals surface area contributed by atoms with Crippen molar-refractivity contribution in [2.75, 3.05) is 13.1 Å². The van der Waals surface area contributed by atoms with E-state index in [0.717, 1.165) is 38.5 Å². The maximum Gasteiger partial charge on any atom is 0.369 e. The van der Waals surface area contributed by atoms with Gasteiger partial charge in [0.25, 0.3) is 5.08 Å². The highest BCUT2D eigenvalue weighted by atomic mass is 31.2. The lowest BCUT2D eigenvalue weighted by atomic mass is 9.86. The van der Waals surface area contributed by atoms with Gasteiger partial charge in [-0.2, -0.15) is 0 Å². The molecule has 10 heteroatoms. The van der Waals surface area contributed by atoms with Crippen LogP contribution in [-0.2, 0) is 9.13 Å². The Morgan fingerprint density at radius 3 is 1.91 bits per heavy atom. The summed E-state index contributed by atoms with van der Waals surface area (Å²) in [4.78, 5) is 39.0. The third-order valence-corrected chi connectivity index (χ3v) is 8.70. The zero-order valence-electron chi connectivity index (χ0n) is 13.8. The van der Waals surface area contributed by atoms with Gasteiger partial charge in [-0.25, -0.2) is 0 Å². The van der Waals surface area contributed by atoms with Crippen LogP contribution < -0.4 is 0 Å². The summed E-state index contributed by atoms with van der Waals surface area (Å²) in [6.07, 6.45) is 4.99.